The molecule has 32 heavy (non-hydrogen) atoms. The number of hydrogen-bond acceptors (Lipinski definition) is 4. The lowest BCUT2D eigenvalue weighted by Gasteiger charge is -2.14. The predicted molar refractivity (Wildman–Crippen MR) is 126 cm³/mol. The van der Waals surface area contributed by atoms with E-state index >= 15 is 0 Å². The van der Waals surface area contributed by atoms with Crippen LogP contribution in [0, 0.1) is 0 Å². The van der Waals surface area contributed by atoms with Gasteiger partial charge in [-0.3, -0.25) is 14.6 Å². The number of aromatic nitrogens is 3. The normalized spacial score (nSPS) is 11.2. The Morgan fingerprint density at radius 3 is 2.50 bits per heavy atom. The molecular formula is C24H28ClN5O2. The molecule has 0 fully saturated rings. The molecule has 2 heterocycles. The summed E-state index contributed by atoms with van der Waals surface area (Å²) in [5.74, 6) is 0.112. The third-order valence-corrected chi connectivity index (χ3v) is 5.04. The van der Waals surface area contributed by atoms with Crippen LogP contribution in [-0.2, 0) is 21.4 Å². The maximum atomic E-state index is 12.6. The lowest BCUT2D eigenvalue weighted by molar-refractivity contribution is -0.124. The van der Waals surface area contributed by atoms with Crippen LogP contribution in [0.2, 0.25) is 5.02 Å². The lowest BCUT2D eigenvalue weighted by atomic mass is 9.92. The minimum Gasteiger partial charge on any atom is -0.356 e. The summed E-state index contributed by atoms with van der Waals surface area (Å²) in [6.07, 6.45) is 2.54. The van der Waals surface area contributed by atoms with Gasteiger partial charge in [-0.1, -0.05) is 44.5 Å². The van der Waals surface area contributed by atoms with Crippen molar-refractivity contribution < 1.29 is 9.59 Å². The highest BCUT2D eigenvalue weighted by Crippen LogP contribution is 2.27. The maximum Gasteiger partial charge on any atom is 0.226 e. The van der Waals surface area contributed by atoms with Crippen LogP contribution in [0.4, 0.5) is 5.82 Å². The number of hydrogen-bond donors (Lipinski definition) is 2. The van der Waals surface area contributed by atoms with E-state index in [4.69, 9.17) is 11.6 Å². The minimum absolute atomic E-state index is 0.0704. The molecule has 0 saturated carbocycles. The number of pyridine rings is 1. The van der Waals surface area contributed by atoms with Crippen LogP contribution < -0.4 is 10.6 Å². The molecular weight excluding hydrogens is 426 g/mol. The monoisotopic (exact) mass is 453 g/mol. The number of rotatable bonds is 8. The molecule has 7 nitrogen and oxygen atoms in total. The SMILES string of the molecule is CC(C)(C)c1cc(NC(=O)CCC(=O)NCCc2ccccn2)n(-c2cccc(Cl)c2)n1. The summed E-state index contributed by atoms with van der Waals surface area (Å²) in [5, 5.41) is 11.0. The lowest BCUT2D eigenvalue weighted by Crippen LogP contribution is -2.27. The van der Waals surface area contributed by atoms with Crippen molar-refractivity contribution in [2.45, 2.75) is 45.4 Å². The van der Waals surface area contributed by atoms with Crippen LogP contribution in [0.3, 0.4) is 0 Å². The van der Waals surface area contributed by atoms with Gasteiger partial charge in [-0.25, -0.2) is 4.68 Å². The first kappa shape index (κ1) is 23.5. The highest BCUT2D eigenvalue weighted by molar-refractivity contribution is 6.30. The van der Waals surface area contributed by atoms with Gasteiger partial charge in [0.15, 0.2) is 0 Å². The number of carbonyl (C=O) groups excluding carboxylic acids is 2. The smallest absolute Gasteiger partial charge is 0.226 e. The zero-order valence-electron chi connectivity index (χ0n) is 18.6. The molecule has 0 aliphatic rings. The molecule has 3 aromatic rings. The van der Waals surface area contributed by atoms with Crippen LogP contribution in [0.25, 0.3) is 5.69 Å². The molecule has 0 aliphatic heterocycles. The summed E-state index contributed by atoms with van der Waals surface area (Å²) in [6, 6.07) is 14.8. The molecule has 168 valence electrons. The summed E-state index contributed by atoms with van der Waals surface area (Å²) in [6.45, 7) is 6.64. The Hall–Kier alpha value is -3.19. The minimum atomic E-state index is -0.256. The standard InChI is InChI=1S/C24H28ClN5O2/c1-24(2,3)20-16-21(30(29-20)19-9-6-7-17(25)15-19)28-23(32)11-10-22(31)27-14-12-18-8-4-5-13-26-18/h4-9,13,15-16H,10-12,14H2,1-3H3,(H,27,31)(H,28,32). The van der Waals surface area contributed by atoms with Crippen molar-refractivity contribution >= 4 is 29.2 Å². The number of carbonyl (C=O) groups is 2. The zero-order chi connectivity index (χ0) is 23.1. The van der Waals surface area contributed by atoms with Crippen molar-refractivity contribution in [2.24, 2.45) is 0 Å². The van der Waals surface area contributed by atoms with Gasteiger partial charge in [0.25, 0.3) is 0 Å². The highest BCUT2D eigenvalue weighted by atomic mass is 35.5. The summed E-state index contributed by atoms with van der Waals surface area (Å²) < 4.78 is 1.66. The molecule has 0 unspecified atom stereocenters. The first-order valence-corrected chi connectivity index (χ1v) is 10.9. The molecule has 0 aliphatic carbocycles. The zero-order valence-corrected chi connectivity index (χ0v) is 19.3. The van der Waals surface area contributed by atoms with E-state index in [-0.39, 0.29) is 30.1 Å². The predicted octanol–water partition coefficient (Wildman–Crippen LogP) is 4.30. The van der Waals surface area contributed by atoms with E-state index in [1.807, 2.05) is 36.4 Å². The van der Waals surface area contributed by atoms with Gasteiger partial charge < -0.3 is 10.6 Å². The molecule has 0 radical (unpaired) electrons. The number of benzene rings is 1. The second-order valence-corrected chi connectivity index (χ2v) is 8.96. The van der Waals surface area contributed by atoms with Gasteiger partial charge in [0.2, 0.25) is 11.8 Å². The molecule has 1 aromatic carbocycles. The Bertz CT molecular complexity index is 1070. The van der Waals surface area contributed by atoms with Crippen molar-refractivity contribution in [1.29, 1.82) is 0 Å². The Kier molecular flexibility index (Phi) is 7.64. The first-order chi connectivity index (χ1) is 15.2. The Labute approximate surface area is 193 Å². The molecule has 0 saturated heterocycles. The molecule has 2 amide bonds. The van der Waals surface area contributed by atoms with Crippen molar-refractivity contribution in [3.63, 3.8) is 0 Å². The number of anilines is 1. The van der Waals surface area contributed by atoms with Crippen LogP contribution in [0.15, 0.2) is 54.7 Å². The second-order valence-electron chi connectivity index (χ2n) is 8.53. The molecule has 0 atom stereocenters. The van der Waals surface area contributed by atoms with E-state index < -0.39 is 0 Å². The van der Waals surface area contributed by atoms with Gasteiger partial charge in [-0.2, -0.15) is 5.10 Å². The van der Waals surface area contributed by atoms with Crippen molar-refractivity contribution in [1.82, 2.24) is 20.1 Å². The molecule has 8 heteroatoms. The highest BCUT2D eigenvalue weighted by Gasteiger charge is 2.21. The maximum absolute atomic E-state index is 12.6. The van der Waals surface area contributed by atoms with Gasteiger partial charge in [0, 0.05) is 54.2 Å². The molecule has 3 rings (SSSR count). The molecule has 2 aromatic heterocycles. The molecule has 2 N–H and O–H groups in total. The van der Waals surface area contributed by atoms with Crippen LogP contribution in [0.5, 0.6) is 0 Å². The van der Waals surface area contributed by atoms with Gasteiger partial charge in [0.1, 0.15) is 5.82 Å². The van der Waals surface area contributed by atoms with E-state index in [0.29, 0.717) is 23.8 Å². The molecule has 0 bridgehead atoms. The number of nitrogens with one attached hydrogen (secondary N) is 2. The fourth-order valence-corrected chi connectivity index (χ4v) is 3.22. The topological polar surface area (TPSA) is 88.9 Å². The summed E-state index contributed by atoms with van der Waals surface area (Å²) in [4.78, 5) is 28.9. The number of nitrogens with zero attached hydrogens (tertiary/aromatic N) is 3. The van der Waals surface area contributed by atoms with E-state index in [9.17, 15) is 9.59 Å². The van der Waals surface area contributed by atoms with Crippen molar-refractivity contribution in [2.75, 3.05) is 11.9 Å². The van der Waals surface area contributed by atoms with Gasteiger partial charge >= 0.3 is 0 Å². The van der Waals surface area contributed by atoms with E-state index in [1.165, 1.54) is 0 Å². The fourth-order valence-electron chi connectivity index (χ4n) is 3.04. The average molecular weight is 454 g/mol. The number of halogens is 1. The summed E-state index contributed by atoms with van der Waals surface area (Å²) in [7, 11) is 0. The van der Waals surface area contributed by atoms with Crippen molar-refractivity contribution in [3.05, 3.63) is 71.1 Å². The van der Waals surface area contributed by atoms with Crippen LogP contribution >= 0.6 is 11.6 Å². The summed E-state index contributed by atoms with van der Waals surface area (Å²) >= 11 is 6.14. The third kappa shape index (κ3) is 6.65. The van der Waals surface area contributed by atoms with Crippen LogP contribution in [0.1, 0.15) is 45.0 Å². The first-order valence-electron chi connectivity index (χ1n) is 10.6. The van der Waals surface area contributed by atoms with Gasteiger partial charge in [-0.15, -0.1) is 0 Å². The largest absolute Gasteiger partial charge is 0.356 e. The summed E-state index contributed by atoms with van der Waals surface area (Å²) in [5.41, 5.74) is 2.29. The Morgan fingerprint density at radius 2 is 1.81 bits per heavy atom. The van der Waals surface area contributed by atoms with Crippen LogP contribution in [-0.4, -0.2) is 33.1 Å². The van der Waals surface area contributed by atoms with E-state index in [1.54, 1.807) is 23.0 Å². The van der Waals surface area contributed by atoms with Crippen molar-refractivity contribution in [3.8, 4) is 5.69 Å². The second kappa shape index (κ2) is 10.4. The van der Waals surface area contributed by atoms with E-state index in [0.717, 1.165) is 17.1 Å². The number of amides is 2. The third-order valence-electron chi connectivity index (χ3n) is 4.81. The molecule has 0 spiro atoms. The Balaban J connectivity index is 1.59. The average Bonchev–Trinajstić information content (AvgIpc) is 3.17. The van der Waals surface area contributed by atoms with Gasteiger partial charge in [0.05, 0.1) is 11.4 Å². The van der Waals surface area contributed by atoms with E-state index in [2.05, 4.69) is 41.5 Å². The Morgan fingerprint density at radius 1 is 1.03 bits per heavy atom. The quantitative estimate of drug-likeness (QED) is 0.532. The fraction of sp³-hybridized carbons (Fsp3) is 0.333. The van der Waals surface area contributed by atoms with Gasteiger partial charge in [-0.05, 0) is 30.3 Å².